The highest BCUT2D eigenvalue weighted by molar-refractivity contribution is 8.00. The summed E-state index contributed by atoms with van der Waals surface area (Å²) >= 11 is 3.03. The van der Waals surface area contributed by atoms with Gasteiger partial charge in [-0.1, -0.05) is 6.92 Å². The number of Topliss-reactive ketones (excluding diaryl/α,β-unsaturated/α-hetero) is 1. The molecule has 0 radical (unpaired) electrons. The van der Waals surface area contributed by atoms with Crippen LogP contribution in [0, 0.1) is 0 Å². The van der Waals surface area contributed by atoms with Crippen LogP contribution in [0.15, 0.2) is 12.1 Å². The Hall–Kier alpha value is -0.810. The minimum absolute atomic E-state index is 0.143. The van der Waals surface area contributed by atoms with Gasteiger partial charge in [-0.2, -0.15) is 11.8 Å². The minimum Gasteiger partial charge on any atom is -0.469 e. The first-order chi connectivity index (χ1) is 8.17. The summed E-state index contributed by atoms with van der Waals surface area (Å²) in [6.45, 7) is 2.07. The molecule has 0 aliphatic carbocycles. The van der Waals surface area contributed by atoms with Gasteiger partial charge in [0, 0.05) is 10.6 Å². The van der Waals surface area contributed by atoms with Gasteiger partial charge in [-0.15, -0.1) is 11.3 Å². The lowest BCUT2D eigenvalue weighted by Gasteiger charge is -1.99. The van der Waals surface area contributed by atoms with Crippen LogP contribution in [0.3, 0.4) is 0 Å². The van der Waals surface area contributed by atoms with Crippen LogP contribution < -0.4 is 0 Å². The molecule has 0 bridgehead atoms. The Morgan fingerprint density at radius 2 is 2.18 bits per heavy atom. The van der Waals surface area contributed by atoms with Crippen LogP contribution >= 0.6 is 23.1 Å². The summed E-state index contributed by atoms with van der Waals surface area (Å²) in [6, 6.07) is 3.88. The molecule has 0 N–H and O–H groups in total. The van der Waals surface area contributed by atoms with Crippen molar-refractivity contribution in [3.05, 3.63) is 21.9 Å². The van der Waals surface area contributed by atoms with Crippen molar-refractivity contribution in [2.24, 2.45) is 0 Å². The first-order valence-corrected chi connectivity index (χ1v) is 7.41. The Morgan fingerprint density at radius 3 is 2.76 bits per heavy atom. The maximum atomic E-state index is 11.8. The maximum Gasteiger partial charge on any atom is 0.306 e. The number of methoxy groups -OCH3 is 1. The SMILES string of the molecule is CCc1ccc(C(=O)CSCCC(=O)OC)s1. The van der Waals surface area contributed by atoms with Crippen LogP contribution in [0.2, 0.25) is 0 Å². The summed E-state index contributed by atoms with van der Waals surface area (Å²) in [6.07, 6.45) is 1.33. The van der Waals surface area contributed by atoms with Crippen molar-refractivity contribution in [2.75, 3.05) is 18.6 Å². The van der Waals surface area contributed by atoms with Crippen molar-refractivity contribution in [1.82, 2.24) is 0 Å². The van der Waals surface area contributed by atoms with Crippen molar-refractivity contribution in [3.63, 3.8) is 0 Å². The number of carbonyl (C=O) groups excluding carboxylic acids is 2. The lowest BCUT2D eigenvalue weighted by atomic mass is 10.3. The van der Waals surface area contributed by atoms with E-state index in [9.17, 15) is 9.59 Å². The van der Waals surface area contributed by atoms with Crippen molar-refractivity contribution in [3.8, 4) is 0 Å². The van der Waals surface area contributed by atoms with E-state index < -0.39 is 0 Å². The van der Waals surface area contributed by atoms with Gasteiger partial charge in [0.25, 0.3) is 0 Å². The van der Waals surface area contributed by atoms with Crippen LogP contribution in [0.25, 0.3) is 0 Å². The molecule has 0 spiro atoms. The third-order valence-electron chi connectivity index (χ3n) is 2.20. The second-order valence-corrected chi connectivity index (χ2v) is 5.69. The fraction of sp³-hybridized carbons (Fsp3) is 0.500. The van der Waals surface area contributed by atoms with Gasteiger partial charge in [0.1, 0.15) is 0 Å². The topological polar surface area (TPSA) is 43.4 Å². The van der Waals surface area contributed by atoms with E-state index in [2.05, 4.69) is 11.7 Å². The molecule has 0 atom stereocenters. The van der Waals surface area contributed by atoms with E-state index in [1.54, 1.807) is 11.3 Å². The molecule has 0 aliphatic rings. The molecule has 0 amide bonds. The van der Waals surface area contributed by atoms with Gasteiger partial charge in [0.2, 0.25) is 0 Å². The summed E-state index contributed by atoms with van der Waals surface area (Å²) in [5.74, 6) is 0.976. The van der Waals surface area contributed by atoms with Gasteiger partial charge in [-0.05, 0) is 18.6 Å². The maximum absolute atomic E-state index is 11.8. The third-order valence-corrected chi connectivity index (χ3v) is 4.43. The van der Waals surface area contributed by atoms with E-state index >= 15 is 0 Å². The quantitative estimate of drug-likeness (QED) is 0.435. The first-order valence-electron chi connectivity index (χ1n) is 5.43. The first kappa shape index (κ1) is 14.3. The summed E-state index contributed by atoms with van der Waals surface area (Å²) in [7, 11) is 1.37. The molecule has 0 unspecified atom stereocenters. The second kappa shape index (κ2) is 7.50. The highest BCUT2D eigenvalue weighted by Crippen LogP contribution is 2.19. The number of hydrogen-bond acceptors (Lipinski definition) is 5. The van der Waals surface area contributed by atoms with E-state index in [0.717, 1.165) is 11.3 Å². The molecule has 1 aromatic rings. The largest absolute Gasteiger partial charge is 0.469 e. The highest BCUT2D eigenvalue weighted by atomic mass is 32.2. The fourth-order valence-electron chi connectivity index (χ4n) is 1.21. The van der Waals surface area contributed by atoms with Crippen LogP contribution in [0.5, 0.6) is 0 Å². The Bertz CT molecular complexity index is 385. The normalized spacial score (nSPS) is 10.2. The van der Waals surface area contributed by atoms with E-state index in [1.165, 1.54) is 23.7 Å². The Balaban J connectivity index is 2.27. The third kappa shape index (κ3) is 4.91. The zero-order valence-corrected chi connectivity index (χ0v) is 11.7. The molecule has 94 valence electrons. The Morgan fingerprint density at radius 1 is 1.41 bits per heavy atom. The van der Waals surface area contributed by atoms with Gasteiger partial charge in [0.05, 0.1) is 24.2 Å². The predicted molar refractivity (Wildman–Crippen MR) is 72.0 cm³/mol. The molecular formula is C12H16O3S2. The monoisotopic (exact) mass is 272 g/mol. The van der Waals surface area contributed by atoms with Crippen molar-refractivity contribution in [1.29, 1.82) is 0 Å². The average Bonchev–Trinajstić information content (AvgIpc) is 2.82. The fourth-order valence-corrected chi connectivity index (χ4v) is 2.98. The molecule has 0 aliphatic heterocycles. The Kier molecular flexibility index (Phi) is 6.29. The summed E-state index contributed by atoms with van der Waals surface area (Å²) in [4.78, 5) is 24.7. The Labute approximate surface area is 110 Å². The number of aryl methyl sites for hydroxylation is 1. The molecule has 5 heteroatoms. The van der Waals surface area contributed by atoms with E-state index in [4.69, 9.17) is 0 Å². The molecule has 1 aromatic heterocycles. The number of thiophene rings is 1. The van der Waals surface area contributed by atoms with Crippen LogP contribution in [-0.4, -0.2) is 30.4 Å². The lowest BCUT2D eigenvalue weighted by molar-refractivity contribution is -0.140. The number of thioether (sulfide) groups is 1. The zero-order valence-electron chi connectivity index (χ0n) is 10.0. The molecule has 1 rings (SSSR count). The van der Waals surface area contributed by atoms with Crippen molar-refractivity contribution in [2.45, 2.75) is 19.8 Å². The minimum atomic E-state index is -0.227. The van der Waals surface area contributed by atoms with Crippen LogP contribution in [-0.2, 0) is 16.0 Å². The summed E-state index contributed by atoms with van der Waals surface area (Å²) in [5.41, 5.74) is 0. The standard InChI is InChI=1S/C12H16O3S2/c1-3-9-4-5-11(17-9)10(13)8-16-7-6-12(14)15-2/h4-5H,3,6-8H2,1-2H3. The molecule has 0 fully saturated rings. The predicted octanol–water partition coefficient (Wildman–Crippen LogP) is 2.79. The van der Waals surface area contributed by atoms with Crippen molar-refractivity contribution < 1.29 is 14.3 Å². The average molecular weight is 272 g/mol. The van der Waals surface area contributed by atoms with Crippen LogP contribution in [0.1, 0.15) is 27.9 Å². The van der Waals surface area contributed by atoms with Gasteiger partial charge in [-0.25, -0.2) is 0 Å². The van der Waals surface area contributed by atoms with Gasteiger partial charge >= 0.3 is 5.97 Å². The number of rotatable bonds is 7. The van der Waals surface area contributed by atoms with Gasteiger partial charge < -0.3 is 4.74 Å². The highest BCUT2D eigenvalue weighted by Gasteiger charge is 2.09. The van der Waals surface area contributed by atoms with Gasteiger partial charge in [0.15, 0.2) is 5.78 Å². The van der Waals surface area contributed by atoms with E-state index in [0.29, 0.717) is 17.9 Å². The second-order valence-electron chi connectivity index (χ2n) is 3.42. The van der Waals surface area contributed by atoms with Gasteiger partial charge in [-0.3, -0.25) is 9.59 Å². The molecule has 17 heavy (non-hydrogen) atoms. The molecule has 0 saturated carbocycles. The summed E-state index contributed by atoms with van der Waals surface area (Å²) in [5, 5.41) is 0. The molecular weight excluding hydrogens is 256 g/mol. The number of carbonyl (C=O) groups is 2. The smallest absolute Gasteiger partial charge is 0.306 e. The molecule has 3 nitrogen and oxygen atoms in total. The van der Waals surface area contributed by atoms with E-state index in [-0.39, 0.29) is 11.8 Å². The van der Waals surface area contributed by atoms with E-state index in [1.807, 2.05) is 12.1 Å². The lowest BCUT2D eigenvalue weighted by Crippen LogP contribution is -2.04. The zero-order chi connectivity index (χ0) is 12.7. The van der Waals surface area contributed by atoms with Crippen LogP contribution in [0.4, 0.5) is 0 Å². The molecule has 0 aromatic carbocycles. The number of esters is 1. The molecule has 0 saturated heterocycles. The number of ether oxygens (including phenoxy) is 1. The molecule has 1 heterocycles. The number of ketones is 1. The number of hydrogen-bond donors (Lipinski definition) is 0. The summed E-state index contributed by atoms with van der Waals surface area (Å²) < 4.78 is 4.52. The van der Waals surface area contributed by atoms with Crippen molar-refractivity contribution >= 4 is 34.9 Å².